The predicted molar refractivity (Wildman–Crippen MR) is 98.2 cm³/mol. The second-order valence-electron chi connectivity index (χ2n) is 5.23. The minimum absolute atomic E-state index is 0.441. The third-order valence-electron chi connectivity index (χ3n) is 3.55. The van der Waals surface area contributed by atoms with E-state index in [1.165, 1.54) is 0 Å². The van der Waals surface area contributed by atoms with Crippen LogP contribution in [0.25, 0.3) is 11.4 Å². The number of nitrogens with one attached hydrogen (secondary N) is 1. The van der Waals surface area contributed by atoms with E-state index in [1.54, 1.807) is 10.9 Å². The van der Waals surface area contributed by atoms with E-state index in [0.717, 1.165) is 22.4 Å². The topological polar surface area (TPSA) is 55.2 Å². The van der Waals surface area contributed by atoms with Gasteiger partial charge in [0, 0.05) is 5.56 Å². The minimum Gasteiger partial charge on any atom is -0.494 e. The number of nitrogens with zero attached hydrogens (tertiary/aromatic N) is 3. The van der Waals surface area contributed by atoms with E-state index in [2.05, 4.69) is 15.3 Å². The molecule has 122 valence electrons. The average Bonchev–Trinajstić information content (AvgIpc) is 2.96. The minimum atomic E-state index is 0.441. The smallest absolute Gasteiger partial charge is 0.216 e. The molecule has 1 aromatic heterocycles. The summed E-state index contributed by atoms with van der Waals surface area (Å²) in [5.41, 5.74) is 3.07. The molecule has 0 amide bonds. The van der Waals surface area contributed by atoms with Crippen molar-refractivity contribution in [1.29, 1.82) is 0 Å². The number of hydrogen-bond donors (Lipinski definition) is 1. The van der Waals surface area contributed by atoms with Gasteiger partial charge >= 0.3 is 0 Å². The van der Waals surface area contributed by atoms with Crippen molar-refractivity contribution < 1.29 is 4.74 Å². The highest BCUT2D eigenvalue weighted by molar-refractivity contribution is 7.71. The summed E-state index contributed by atoms with van der Waals surface area (Å²) >= 11 is 5.31. The van der Waals surface area contributed by atoms with E-state index in [-0.39, 0.29) is 0 Å². The highest BCUT2D eigenvalue weighted by atomic mass is 32.1. The molecule has 0 aliphatic rings. The molecule has 3 aromatic rings. The van der Waals surface area contributed by atoms with Gasteiger partial charge < -0.3 is 4.74 Å². The fraction of sp³-hybridized carbons (Fsp3) is 0.167. The molecule has 0 aliphatic heterocycles. The molecule has 0 aliphatic carbocycles. The van der Waals surface area contributed by atoms with Crippen molar-refractivity contribution in [3.63, 3.8) is 0 Å². The van der Waals surface area contributed by atoms with E-state index in [9.17, 15) is 0 Å². The van der Waals surface area contributed by atoms with Crippen molar-refractivity contribution in [1.82, 2.24) is 14.9 Å². The quantitative estimate of drug-likeness (QED) is 0.560. The number of aromatic nitrogens is 3. The summed E-state index contributed by atoms with van der Waals surface area (Å²) in [6, 6.07) is 15.8. The summed E-state index contributed by atoms with van der Waals surface area (Å²) in [4.78, 5) is 0. The number of aromatic amines is 1. The lowest BCUT2D eigenvalue weighted by Gasteiger charge is -2.05. The number of hydrogen-bond acceptors (Lipinski definition) is 4. The molecule has 0 radical (unpaired) electrons. The summed E-state index contributed by atoms with van der Waals surface area (Å²) < 4.78 is 7.61. The Labute approximate surface area is 145 Å². The Kier molecular flexibility index (Phi) is 4.86. The Hall–Kier alpha value is -2.73. The van der Waals surface area contributed by atoms with Crippen LogP contribution in [0.1, 0.15) is 18.1 Å². The normalized spacial score (nSPS) is 11.1. The Bertz CT molecular complexity index is 927. The molecule has 0 unspecified atom stereocenters. The maximum atomic E-state index is 5.55. The first-order valence-corrected chi connectivity index (χ1v) is 8.10. The van der Waals surface area contributed by atoms with Crippen LogP contribution in [0.3, 0.4) is 0 Å². The molecule has 1 N–H and O–H groups in total. The summed E-state index contributed by atoms with van der Waals surface area (Å²) in [5, 5.41) is 11.6. The van der Waals surface area contributed by atoms with Gasteiger partial charge in [-0.3, -0.25) is 0 Å². The van der Waals surface area contributed by atoms with Crippen molar-refractivity contribution in [3.8, 4) is 17.1 Å². The van der Waals surface area contributed by atoms with Gasteiger partial charge in [-0.25, -0.2) is 5.10 Å². The molecule has 0 spiro atoms. The van der Waals surface area contributed by atoms with Crippen LogP contribution in [-0.2, 0) is 0 Å². The van der Waals surface area contributed by atoms with Crippen molar-refractivity contribution in [3.05, 3.63) is 64.4 Å². The summed E-state index contributed by atoms with van der Waals surface area (Å²) in [6.07, 6.45) is 1.79. The molecule has 6 heteroatoms. The molecule has 24 heavy (non-hydrogen) atoms. The number of ether oxygens (including phenoxy) is 1. The summed E-state index contributed by atoms with van der Waals surface area (Å²) in [7, 11) is 0. The van der Waals surface area contributed by atoms with Gasteiger partial charge in [0.2, 0.25) is 4.77 Å². The van der Waals surface area contributed by atoms with Gasteiger partial charge in [0.15, 0.2) is 5.82 Å². The number of H-pyrrole nitrogens is 1. The lowest BCUT2D eigenvalue weighted by atomic mass is 10.1. The third kappa shape index (κ3) is 3.44. The summed E-state index contributed by atoms with van der Waals surface area (Å²) in [5.74, 6) is 1.43. The second kappa shape index (κ2) is 7.23. The Balaban J connectivity index is 1.99. The molecule has 0 saturated carbocycles. The lowest BCUT2D eigenvalue weighted by Crippen LogP contribution is -1.97. The fourth-order valence-corrected chi connectivity index (χ4v) is 2.51. The van der Waals surface area contributed by atoms with Gasteiger partial charge in [0.25, 0.3) is 0 Å². The van der Waals surface area contributed by atoms with Crippen molar-refractivity contribution in [2.75, 3.05) is 6.61 Å². The SMILES string of the molecule is CCOc1cccc(-c2n[nH]c(=S)n2/N=C/c2ccccc2C)c1. The lowest BCUT2D eigenvalue weighted by molar-refractivity contribution is 0.340. The van der Waals surface area contributed by atoms with E-state index < -0.39 is 0 Å². The largest absolute Gasteiger partial charge is 0.494 e. The molecule has 3 rings (SSSR count). The van der Waals surface area contributed by atoms with Crippen LogP contribution in [0.5, 0.6) is 5.75 Å². The highest BCUT2D eigenvalue weighted by Crippen LogP contribution is 2.22. The van der Waals surface area contributed by atoms with Crippen molar-refractivity contribution >= 4 is 18.4 Å². The molecule has 0 fully saturated rings. The number of benzene rings is 2. The first-order chi connectivity index (χ1) is 11.7. The number of aryl methyl sites for hydroxylation is 1. The first-order valence-electron chi connectivity index (χ1n) is 7.69. The molecule has 5 nitrogen and oxygen atoms in total. The van der Waals surface area contributed by atoms with Gasteiger partial charge in [0.05, 0.1) is 12.8 Å². The summed E-state index contributed by atoms with van der Waals surface area (Å²) in [6.45, 7) is 4.61. The van der Waals surface area contributed by atoms with Crippen LogP contribution in [0.4, 0.5) is 0 Å². The predicted octanol–water partition coefficient (Wildman–Crippen LogP) is 4.20. The van der Waals surface area contributed by atoms with E-state index in [1.807, 2.05) is 62.4 Å². The zero-order valence-electron chi connectivity index (χ0n) is 13.6. The Morgan fingerprint density at radius 2 is 2.08 bits per heavy atom. The Morgan fingerprint density at radius 3 is 2.88 bits per heavy atom. The van der Waals surface area contributed by atoms with Gasteiger partial charge in [-0.05, 0) is 49.3 Å². The van der Waals surface area contributed by atoms with E-state index >= 15 is 0 Å². The van der Waals surface area contributed by atoms with Crippen LogP contribution >= 0.6 is 12.2 Å². The standard InChI is InChI=1S/C18H18N4OS/c1-3-23-16-10-6-9-14(11-16)17-20-21-18(24)22(17)19-12-15-8-5-4-7-13(15)2/h4-12H,3H2,1-2H3,(H,21,24)/b19-12+. The molecular weight excluding hydrogens is 320 g/mol. The van der Waals surface area contributed by atoms with Crippen molar-refractivity contribution in [2.24, 2.45) is 5.10 Å². The molecule has 0 saturated heterocycles. The van der Waals surface area contributed by atoms with Crippen LogP contribution in [-0.4, -0.2) is 27.7 Å². The maximum absolute atomic E-state index is 5.55. The molecule has 1 heterocycles. The molecular formula is C18H18N4OS. The Morgan fingerprint density at radius 1 is 1.25 bits per heavy atom. The van der Waals surface area contributed by atoms with Crippen LogP contribution < -0.4 is 4.74 Å². The van der Waals surface area contributed by atoms with E-state index in [0.29, 0.717) is 17.2 Å². The highest BCUT2D eigenvalue weighted by Gasteiger charge is 2.09. The molecule has 0 bridgehead atoms. The zero-order valence-corrected chi connectivity index (χ0v) is 14.4. The van der Waals surface area contributed by atoms with E-state index in [4.69, 9.17) is 17.0 Å². The van der Waals surface area contributed by atoms with Gasteiger partial charge in [-0.2, -0.15) is 14.9 Å². The number of rotatable bonds is 5. The zero-order chi connectivity index (χ0) is 16.9. The fourth-order valence-electron chi connectivity index (χ4n) is 2.33. The van der Waals surface area contributed by atoms with Crippen LogP contribution in [0, 0.1) is 11.7 Å². The average molecular weight is 338 g/mol. The van der Waals surface area contributed by atoms with Crippen LogP contribution in [0.15, 0.2) is 53.6 Å². The van der Waals surface area contributed by atoms with Gasteiger partial charge in [-0.15, -0.1) is 0 Å². The third-order valence-corrected chi connectivity index (χ3v) is 3.82. The molecule has 2 aromatic carbocycles. The van der Waals surface area contributed by atoms with Gasteiger partial charge in [-0.1, -0.05) is 36.4 Å². The second-order valence-corrected chi connectivity index (χ2v) is 5.61. The van der Waals surface area contributed by atoms with Crippen LogP contribution in [0.2, 0.25) is 0 Å². The monoisotopic (exact) mass is 338 g/mol. The van der Waals surface area contributed by atoms with Crippen molar-refractivity contribution in [2.45, 2.75) is 13.8 Å². The first kappa shape index (κ1) is 16.1. The van der Waals surface area contributed by atoms with Gasteiger partial charge in [0.1, 0.15) is 5.75 Å². The maximum Gasteiger partial charge on any atom is 0.216 e. The molecule has 0 atom stereocenters.